The fourth-order valence-corrected chi connectivity index (χ4v) is 6.55. The Morgan fingerprint density at radius 1 is 0.893 bits per heavy atom. The molecule has 1 atom stereocenters. The summed E-state index contributed by atoms with van der Waals surface area (Å²) in [6, 6.07) is 8.43. The highest BCUT2D eigenvalue weighted by Crippen LogP contribution is 2.35. The lowest BCUT2D eigenvalue weighted by molar-refractivity contribution is -0.131. The molecule has 2 fully saturated rings. The Bertz CT molecular complexity index is 805. The summed E-state index contributed by atoms with van der Waals surface area (Å²) in [6.07, 6.45) is 6.33. The van der Waals surface area contributed by atoms with Crippen LogP contribution < -0.4 is 0 Å². The molecule has 7 heteroatoms. The van der Waals surface area contributed by atoms with E-state index in [9.17, 15) is 13.2 Å². The summed E-state index contributed by atoms with van der Waals surface area (Å²) in [7, 11) is -3.39. The average Bonchev–Trinajstić information content (AvgIpc) is 2.95. The minimum atomic E-state index is -3.39. The van der Waals surface area contributed by atoms with E-state index < -0.39 is 10.2 Å². The van der Waals surface area contributed by atoms with Gasteiger partial charge >= 0.3 is 0 Å². The number of amides is 1. The Morgan fingerprint density at radius 2 is 1.61 bits per heavy atom. The van der Waals surface area contributed by atoms with Crippen molar-refractivity contribution in [3.05, 3.63) is 35.4 Å². The van der Waals surface area contributed by atoms with Crippen molar-refractivity contribution in [3.8, 4) is 0 Å². The van der Waals surface area contributed by atoms with Gasteiger partial charge in [0.2, 0.25) is 5.91 Å². The summed E-state index contributed by atoms with van der Waals surface area (Å²) in [6.45, 7) is 3.32. The first-order valence-corrected chi connectivity index (χ1v) is 12.1. The van der Waals surface area contributed by atoms with Gasteiger partial charge in [-0.25, -0.2) is 0 Å². The Hall–Kier alpha value is -1.44. The molecule has 1 aliphatic carbocycles. The van der Waals surface area contributed by atoms with E-state index in [2.05, 4.69) is 24.3 Å². The van der Waals surface area contributed by atoms with E-state index in [1.165, 1.54) is 11.1 Å². The molecule has 1 unspecified atom stereocenters. The molecular formula is C21H31N3O3S. The minimum Gasteiger partial charge on any atom is -0.341 e. The number of rotatable bonds is 4. The van der Waals surface area contributed by atoms with Crippen LogP contribution in [0.15, 0.2) is 24.3 Å². The first-order chi connectivity index (χ1) is 13.6. The lowest BCUT2D eigenvalue weighted by Crippen LogP contribution is -2.47. The van der Waals surface area contributed by atoms with Crippen molar-refractivity contribution in [2.75, 3.05) is 39.3 Å². The second kappa shape index (κ2) is 8.51. The monoisotopic (exact) mass is 405 g/mol. The van der Waals surface area contributed by atoms with Gasteiger partial charge in [0.1, 0.15) is 0 Å². The van der Waals surface area contributed by atoms with E-state index in [0.717, 1.165) is 32.1 Å². The molecule has 0 spiro atoms. The molecule has 0 radical (unpaired) electrons. The number of carbonyl (C=O) groups is 1. The van der Waals surface area contributed by atoms with Crippen molar-refractivity contribution in [3.63, 3.8) is 0 Å². The maximum Gasteiger partial charge on any atom is 0.282 e. The van der Waals surface area contributed by atoms with Crippen molar-refractivity contribution < 1.29 is 13.2 Å². The normalized spacial score (nSPS) is 24.7. The Morgan fingerprint density at radius 3 is 2.43 bits per heavy atom. The van der Waals surface area contributed by atoms with Gasteiger partial charge in [0, 0.05) is 45.7 Å². The van der Waals surface area contributed by atoms with Crippen LogP contribution in [0.25, 0.3) is 0 Å². The van der Waals surface area contributed by atoms with Gasteiger partial charge in [-0.05, 0) is 49.1 Å². The van der Waals surface area contributed by atoms with Gasteiger partial charge in [0.15, 0.2) is 0 Å². The molecule has 4 rings (SSSR count). The Kier molecular flexibility index (Phi) is 6.04. The highest BCUT2D eigenvalue weighted by atomic mass is 32.2. The quantitative estimate of drug-likeness (QED) is 0.773. The number of fused-ring (bicyclic) bond motifs is 1. The van der Waals surface area contributed by atoms with Gasteiger partial charge in [-0.1, -0.05) is 30.7 Å². The van der Waals surface area contributed by atoms with Gasteiger partial charge in [0.05, 0.1) is 0 Å². The standard InChI is InChI=1S/C21H31N3O3S/c25-21(17-19-10-9-18-7-2-3-8-20(18)19)22-11-6-14-24(16-15-22)28(26,27)23-12-4-1-5-13-23/h2-3,7-8,19H,1,4-6,9-17H2. The summed E-state index contributed by atoms with van der Waals surface area (Å²) in [5.74, 6) is 0.471. The summed E-state index contributed by atoms with van der Waals surface area (Å²) in [5, 5.41) is 0. The van der Waals surface area contributed by atoms with Gasteiger partial charge in [-0.3, -0.25) is 4.79 Å². The van der Waals surface area contributed by atoms with E-state index >= 15 is 0 Å². The molecule has 1 aromatic rings. The van der Waals surface area contributed by atoms with Crippen LogP contribution in [0.3, 0.4) is 0 Å². The van der Waals surface area contributed by atoms with Crippen molar-refractivity contribution in [1.82, 2.24) is 13.5 Å². The predicted octanol–water partition coefficient (Wildman–Crippen LogP) is 2.37. The van der Waals surface area contributed by atoms with Crippen LogP contribution in [-0.2, 0) is 21.4 Å². The number of hydrogen-bond acceptors (Lipinski definition) is 3. The van der Waals surface area contributed by atoms with Crippen molar-refractivity contribution in [2.24, 2.45) is 0 Å². The van der Waals surface area contributed by atoms with E-state index in [4.69, 9.17) is 0 Å². The summed E-state index contributed by atoms with van der Waals surface area (Å²) in [4.78, 5) is 14.8. The molecular weight excluding hydrogens is 374 g/mol. The van der Waals surface area contributed by atoms with Crippen LogP contribution in [0.4, 0.5) is 0 Å². The summed E-state index contributed by atoms with van der Waals surface area (Å²) in [5.41, 5.74) is 2.69. The molecule has 0 N–H and O–H groups in total. The third kappa shape index (κ3) is 4.11. The van der Waals surface area contributed by atoms with Gasteiger partial charge in [-0.15, -0.1) is 0 Å². The third-order valence-corrected chi connectivity index (χ3v) is 8.49. The second-order valence-electron chi connectivity index (χ2n) is 8.24. The molecule has 1 amide bonds. The summed E-state index contributed by atoms with van der Waals surface area (Å²) >= 11 is 0. The second-order valence-corrected chi connectivity index (χ2v) is 10.2. The zero-order valence-corrected chi connectivity index (χ0v) is 17.4. The highest BCUT2D eigenvalue weighted by molar-refractivity contribution is 7.86. The maximum atomic E-state index is 12.9. The van der Waals surface area contributed by atoms with E-state index in [1.807, 2.05) is 4.90 Å². The lowest BCUT2D eigenvalue weighted by Gasteiger charge is -2.31. The fourth-order valence-electron chi connectivity index (χ4n) is 4.83. The van der Waals surface area contributed by atoms with Gasteiger partial charge in [0.25, 0.3) is 10.2 Å². The molecule has 3 aliphatic rings. The fraction of sp³-hybridized carbons (Fsp3) is 0.667. The minimum absolute atomic E-state index is 0.166. The number of hydrogen-bond donors (Lipinski definition) is 0. The first-order valence-electron chi connectivity index (χ1n) is 10.7. The molecule has 6 nitrogen and oxygen atoms in total. The Labute approximate surface area is 168 Å². The third-order valence-electron chi connectivity index (χ3n) is 6.45. The molecule has 0 bridgehead atoms. The predicted molar refractivity (Wildman–Crippen MR) is 109 cm³/mol. The number of aryl methyl sites for hydroxylation is 1. The lowest BCUT2D eigenvalue weighted by atomic mass is 9.97. The zero-order valence-electron chi connectivity index (χ0n) is 16.6. The summed E-state index contributed by atoms with van der Waals surface area (Å²) < 4.78 is 29.1. The molecule has 0 aromatic heterocycles. The van der Waals surface area contributed by atoms with Crippen LogP contribution in [0.5, 0.6) is 0 Å². The maximum absolute atomic E-state index is 12.9. The average molecular weight is 406 g/mol. The first kappa shape index (κ1) is 19.9. The van der Waals surface area contributed by atoms with E-state index in [0.29, 0.717) is 58.0 Å². The smallest absolute Gasteiger partial charge is 0.282 e. The van der Waals surface area contributed by atoms with Gasteiger partial charge in [-0.2, -0.15) is 17.0 Å². The number of carbonyl (C=O) groups excluding carboxylic acids is 1. The van der Waals surface area contributed by atoms with Crippen LogP contribution in [-0.4, -0.2) is 67.1 Å². The van der Waals surface area contributed by atoms with Crippen molar-refractivity contribution in [1.29, 1.82) is 0 Å². The van der Waals surface area contributed by atoms with Crippen molar-refractivity contribution in [2.45, 2.75) is 50.9 Å². The van der Waals surface area contributed by atoms with E-state index in [-0.39, 0.29) is 5.91 Å². The van der Waals surface area contributed by atoms with Crippen LogP contribution in [0, 0.1) is 0 Å². The number of nitrogens with zero attached hydrogens (tertiary/aromatic N) is 3. The largest absolute Gasteiger partial charge is 0.341 e. The van der Waals surface area contributed by atoms with E-state index in [1.54, 1.807) is 8.61 Å². The molecule has 28 heavy (non-hydrogen) atoms. The highest BCUT2D eigenvalue weighted by Gasteiger charge is 2.33. The van der Waals surface area contributed by atoms with Gasteiger partial charge < -0.3 is 4.90 Å². The molecule has 1 aromatic carbocycles. The number of benzene rings is 1. The zero-order chi connectivity index (χ0) is 19.6. The topological polar surface area (TPSA) is 60.9 Å². The number of piperidine rings is 1. The molecule has 2 aliphatic heterocycles. The molecule has 0 saturated carbocycles. The van der Waals surface area contributed by atoms with Crippen LogP contribution in [0.1, 0.15) is 55.6 Å². The Balaban J connectivity index is 1.35. The molecule has 2 heterocycles. The molecule has 2 saturated heterocycles. The molecule has 154 valence electrons. The van der Waals surface area contributed by atoms with Crippen molar-refractivity contribution >= 4 is 16.1 Å². The van der Waals surface area contributed by atoms with Crippen LogP contribution >= 0.6 is 0 Å². The SMILES string of the molecule is O=C(CC1CCc2ccccc21)N1CCCN(S(=O)(=O)N2CCCCC2)CC1. The van der Waals surface area contributed by atoms with Crippen LogP contribution in [0.2, 0.25) is 0 Å².